The molecule has 0 bridgehead atoms. The van der Waals surface area contributed by atoms with E-state index < -0.39 is 17.7 Å². The standard InChI is InChI=1S/C10H10F2O/c11-8-3-7(4-9(12)5-8)10(13)6-1-2-6/h3-6,10,13H,1-2H2. The zero-order valence-electron chi connectivity index (χ0n) is 7.00. The second kappa shape index (κ2) is 3.07. The quantitative estimate of drug-likeness (QED) is 0.748. The van der Waals surface area contributed by atoms with E-state index in [1.54, 1.807) is 0 Å². The summed E-state index contributed by atoms with van der Waals surface area (Å²) in [6.45, 7) is 0. The number of halogens is 2. The summed E-state index contributed by atoms with van der Waals surface area (Å²) in [5, 5.41) is 9.58. The fourth-order valence-corrected chi connectivity index (χ4v) is 1.43. The molecule has 0 amide bonds. The van der Waals surface area contributed by atoms with Crippen LogP contribution in [-0.2, 0) is 0 Å². The van der Waals surface area contributed by atoms with Gasteiger partial charge in [-0.15, -0.1) is 0 Å². The molecule has 1 aromatic rings. The molecule has 2 rings (SSSR count). The van der Waals surface area contributed by atoms with E-state index in [1.165, 1.54) is 12.1 Å². The molecule has 0 radical (unpaired) electrons. The second-order valence-corrected chi connectivity index (χ2v) is 3.49. The zero-order chi connectivity index (χ0) is 9.42. The van der Waals surface area contributed by atoms with Crippen LogP contribution in [0.15, 0.2) is 18.2 Å². The van der Waals surface area contributed by atoms with Gasteiger partial charge in [-0.2, -0.15) is 0 Å². The first-order valence-corrected chi connectivity index (χ1v) is 4.31. The summed E-state index contributed by atoms with van der Waals surface area (Å²) in [6, 6.07) is 3.18. The van der Waals surface area contributed by atoms with Crippen LogP contribution in [0.2, 0.25) is 0 Å². The van der Waals surface area contributed by atoms with E-state index in [0.717, 1.165) is 18.9 Å². The highest BCUT2D eigenvalue weighted by Gasteiger charge is 2.31. The Balaban J connectivity index is 2.27. The van der Waals surface area contributed by atoms with E-state index in [2.05, 4.69) is 0 Å². The van der Waals surface area contributed by atoms with Crippen molar-refractivity contribution in [2.45, 2.75) is 18.9 Å². The lowest BCUT2D eigenvalue weighted by molar-refractivity contribution is 0.153. The van der Waals surface area contributed by atoms with Gasteiger partial charge in [0.1, 0.15) is 11.6 Å². The molecule has 0 aliphatic heterocycles. The van der Waals surface area contributed by atoms with Crippen LogP contribution in [0.5, 0.6) is 0 Å². The molecule has 1 N–H and O–H groups in total. The molecule has 0 aromatic heterocycles. The van der Waals surface area contributed by atoms with E-state index in [0.29, 0.717) is 5.56 Å². The molecule has 70 valence electrons. The monoisotopic (exact) mass is 184 g/mol. The highest BCUT2D eigenvalue weighted by Crippen LogP contribution is 2.40. The highest BCUT2D eigenvalue weighted by atomic mass is 19.1. The van der Waals surface area contributed by atoms with Gasteiger partial charge in [-0.05, 0) is 36.5 Å². The van der Waals surface area contributed by atoms with Gasteiger partial charge in [0.05, 0.1) is 6.10 Å². The maximum absolute atomic E-state index is 12.7. The Labute approximate surface area is 75.0 Å². The van der Waals surface area contributed by atoms with E-state index in [4.69, 9.17) is 0 Å². The van der Waals surface area contributed by atoms with E-state index in [9.17, 15) is 13.9 Å². The number of aliphatic hydroxyl groups excluding tert-OH is 1. The third kappa shape index (κ3) is 1.86. The first kappa shape index (κ1) is 8.63. The van der Waals surface area contributed by atoms with Gasteiger partial charge in [0, 0.05) is 6.07 Å². The van der Waals surface area contributed by atoms with Crippen molar-refractivity contribution in [3.63, 3.8) is 0 Å². The maximum atomic E-state index is 12.7. The molecule has 13 heavy (non-hydrogen) atoms. The number of benzene rings is 1. The molecule has 0 heterocycles. The van der Waals surface area contributed by atoms with Crippen LogP contribution < -0.4 is 0 Å². The topological polar surface area (TPSA) is 20.2 Å². The van der Waals surface area contributed by atoms with Crippen molar-refractivity contribution in [1.82, 2.24) is 0 Å². The summed E-state index contributed by atoms with van der Waals surface area (Å²) in [7, 11) is 0. The van der Waals surface area contributed by atoms with Crippen LogP contribution in [0.25, 0.3) is 0 Å². The van der Waals surface area contributed by atoms with Crippen LogP contribution in [0.3, 0.4) is 0 Å². The minimum atomic E-state index is -0.704. The van der Waals surface area contributed by atoms with Gasteiger partial charge in [-0.1, -0.05) is 0 Å². The van der Waals surface area contributed by atoms with Crippen molar-refractivity contribution < 1.29 is 13.9 Å². The van der Waals surface area contributed by atoms with Crippen molar-refractivity contribution in [2.24, 2.45) is 5.92 Å². The molecular weight excluding hydrogens is 174 g/mol. The SMILES string of the molecule is OC(c1cc(F)cc(F)c1)C1CC1. The molecule has 3 heteroatoms. The third-order valence-corrected chi connectivity index (χ3v) is 2.29. The molecule has 0 spiro atoms. The van der Waals surface area contributed by atoms with Gasteiger partial charge in [0.2, 0.25) is 0 Å². The molecule has 1 unspecified atom stereocenters. The molecule has 0 saturated heterocycles. The van der Waals surface area contributed by atoms with Gasteiger partial charge < -0.3 is 5.11 Å². The molecular formula is C10H10F2O. The molecule has 1 saturated carbocycles. The van der Waals surface area contributed by atoms with Crippen LogP contribution in [0.4, 0.5) is 8.78 Å². The summed E-state index contributed by atoms with van der Waals surface area (Å²) in [5.41, 5.74) is 0.347. The second-order valence-electron chi connectivity index (χ2n) is 3.49. The largest absolute Gasteiger partial charge is 0.388 e. The molecule has 1 aromatic carbocycles. The first-order valence-electron chi connectivity index (χ1n) is 4.31. The summed E-state index contributed by atoms with van der Waals surface area (Å²) >= 11 is 0. The molecule has 1 aliphatic carbocycles. The van der Waals surface area contributed by atoms with Crippen molar-refractivity contribution in [1.29, 1.82) is 0 Å². The number of hydrogen-bond acceptors (Lipinski definition) is 1. The van der Waals surface area contributed by atoms with E-state index in [-0.39, 0.29) is 5.92 Å². The third-order valence-electron chi connectivity index (χ3n) is 2.29. The van der Waals surface area contributed by atoms with Gasteiger partial charge in [-0.25, -0.2) is 8.78 Å². The van der Waals surface area contributed by atoms with Crippen LogP contribution >= 0.6 is 0 Å². The fraction of sp³-hybridized carbons (Fsp3) is 0.400. The Morgan fingerprint density at radius 2 is 1.69 bits per heavy atom. The zero-order valence-corrected chi connectivity index (χ0v) is 7.00. The minimum Gasteiger partial charge on any atom is -0.388 e. The average molecular weight is 184 g/mol. The molecule has 1 fully saturated rings. The van der Waals surface area contributed by atoms with E-state index >= 15 is 0 Å². The Kier molecular flexibility index (Phi) is 2.04. The number of rotatable bonds is 2. The normalized spacial score (nSPS) is 18.7. The van der Waals surface area contributed by atoms with Gasteiger partial charge in [0.25, 0.3) is 0 Å². The summed E-state index contributed by atoms with van der Waals surface area (Å²) in [4.78, 5) is 0. The molecule has 1 aliphatic rings. The van der Waals surface area contributed by atoms with Crippen molar-refractivity contribution in [3.05, 3.63) is 35.4 Å². The lowest BCUT2D eigenvalue weighted by atomic mass is 10.1. The van der Waals surface area contributed by atoms with Crippen molar-refractivity contribution in [2.75, 3.05) is 0 Å². The Morgan fingerprint density at radius 3 is 2.15 bits per heavy atom. The molecule has 1 atom stereocenters. The van der Waals surface area contributed by atoms with Crippen LogP contribution in [0.1, 0.15) is 24.5 Å². The lowest BCUT2D eigenvalue weighted by Crippen LogP contribution is -2.00. The van der Waals surface area contributed by atoms with Gasteiger partial charge in [0.15, 0.2) is 0 Å². The number of hydrogen-bond donors (Lipinski definition) is 1. The van der Waals surface area contributed by atoms with E-state index in [1.807, 2.05) is 0 Å². The van der Waals surface area contributed by atoms with Crippen molar-refractivity contribution in [3.8, 4) is 0 Å². The maximum Gasteiger partial charge on any atom is 0.126 e. The predicted molar refractivity (Wildman–Crippen MR) is 44.0 cm³/mol. The smallest absolute Gasteiger partial charge is 0.126 e. The number of aliphatic hydroxyl groups is 1. The average Bonchev–Trinajstić information content (AvgIpc) is 2.83. The summed E-state index contributed by atoms with van der Waals surface area (Å²) in [6.07, 6.45) is 1.18. The Bertz CT molecular complexity index is 300. The Morgan fingerprint density at radius 1 is 1.15 bits per heavy atom. The van der Waals surface area contributed by atoms with Crippen LogP contribution in [0, 0.1) is 17.6 Å². The van der Waals surface area contributed by atoms with Crippen LogP contribution in [-0.4, -0.2) is 5.11 Å². The summed E-state index contributed by atoms with van der Waals surface area (Å²) < 4.78 is 25.4. The van der Waals surface area contributed by atoms with Gasteiger partial charge in [-0.3, -0.25) is 0 Å². The Hall–Kier alpha value is -0.960. The van der Waals surface area contributed by atoms with Gasteiger partial charge >= 0.3 is 0 Å². The van der Waals surface area contributed by atoms with Crippen molar-refractivity contribution >= 4 is 0 Å². The lowest BCUT2D eigenvalue weighted by Gasteiger charge is -2.09. The first-order chi connectivity index (χ1) is 6.16. The highest BCUT2D eigenvalue weighted by molar-refractivity contribution is 5.21. The summed E-state index contributed by atoms with van der Waals surface area (Å²) in [5.74, 6) is -1.06. The fourth-order valence-electron chi connectivity index (χ4n) is 1.43. The molecule has 1 nitrogen and oxygen atoms in total. The predicted octanol–water partition coefficient (Wildman–Crippen LogP) is 2.41. The minimum absolute atomic E-state index is 0.196.